The normalized spacial score (nSPS) is 14.9. The minimum atomic E-state index is -0.809. The van der Waals surface area contributed by atoms with Crippen molar-refractivity contribution in [2.24, 2.45) is 0 Å². The van der Waals surface area contributed by atoms with E-state index in [1.807, 2.05) is 0 Å². The average molecular weight is 426 g/mol. The molecule has 0 atom stereocenters. The molecule has 1 N–H and O–H groups in total. The molecule has 8 heteroatoms. The Morgan fingerprint density at radius 2 is 1.89 bits per heavy atom. The van der Waals surface area contributed by atoms with Crippen molar-refractivity contribution in [2.75, 3.05) is 11.9 Å². The number of benzene rings is 2. The van der Waals surface area contributed by atoms with Crippen LogP contribution in [0.1, 0.15) is 36.5 Å². The monoisotopic (exact) mass is 425 g/mol. The predicted octanol–water partition coefficient (Wildman–Crippen LogP) is 5.45. The van der Waals surface area contributed by atoms with E-state index in [0.29, 0.717) is 18.5 Å². The van der Waals surface area contributed by atoms with Crippen LogP contribution in [-0.4, -0.2) is 23.2 Å². The van der Waals surface area contributed by atoms with Gasteiger partial charge in [0.25, 0.3) is 5.91 Å². The van der Waals surface area contributed by atoms with Gasteiger partial charge in [-0.2, -0.15) is 0 Å². The van der Waals surface area contributed by atoms with E-state index in [1.165, 1.54) is 30.3 Å². The molecular formula is C20H18ClF2NO3S. The molecule has 0 bridgehead atoms. The van der Waals surface area contributed by atoms with Crippen LogP contribution in [0.2, 0.25) is 5.02 Å². The van der Waals surface area contributed by atoms with Crippen molar-refractivity contribution >= 4 is 40.9 Å². The topological polar surface area (TPSA) is 55.4 Å². The van der Waals surface area contributed by atoms with Crippen molar-refractivity contribution in [1.82, 2.24) is 0 Å². The highest BCUT2D eigenvalue weighted by Gasteiger charge is 2.47. The van der Waals surface area contributed by atoms with Gasteiger partial charge in [-0.3, -0.25) is 9.59 Å². The Morgan fingerprint density at radius 1 is 1.18 bits per heavy atom. The van der Waals surface area contributed by atoms with Gasteiger partial charge in [-0.05, 0) is 62.6 Å². The van der Waals surface area contributed by atoms with E-state index in [-0.39, 0.29) is 28.1 Å². The van der Waals surface area contributed by atoms with Crippen LogP contribution in [0.5, 0.6) is 0 Å². The molecule has 0 spiro atoms. The van der Waals surface area contributed by atoms with Gasteiger partial charge in [0, 0.05) is 16.1 Å². The zero-order chi connectivity index (χ0) is 20.3. The number of carbonyl (C=O) groups is 2. The molecule has 2 aromatic rings. The molecule has 0 unspecified atom stereocenters. The zero-order valence-electron chi connectivity index (χ0n) is 15.1. The number of esters is 1. The Kier molecular flexibility index (Phi) is 6.25. The van der Waals surface area contributed by atoms with E-state index in [1.54, 1.807) is 6.92 Å². The van der Waals surface area contributed by atoms with Crippen LogP contribution in [0.3, 0.4) is 0 Å². The number of hydrogen-bond donors (Lipinski definition) is 1. The summed E-state index contributed by atoms with van der Waals surface area (Å²) in [5.41, 5.74) is 0.527. The van der Waals surface area contributed by atoms with Crippen molar-refractivity contribution in [3.63, 3.8) is 0 Å². The Balaban J connectivity index is 1.79. The summed E-state index contributed by atoms with van der Waals surface area (Å²) in [5, 5.41) is 2.48. The number of amides is 1. The van der Waals surface area contributed by atoms with Crippen LogP contribution in [0.15, 0.2) is 41.3 Å². The summed E-state index contributed by atoms with van der Waals surface area (Å²) in [4.78, 5) is 25.0. The molecule has 148 valence electrons. The number of nitrogens with one attached hydrogen (secondary N) is 1. The van der Waals surface area contributed by atoms with Gasteiger partial charge in [-0.15, -0.1) is 11.8 Å². The number of thioether (sulfide) groups is 1. The Hall–Kier alpha value is -2.12. The molecular weight excluding hydrogens is 408 g/mol. The lowest BCUT2D eigenvalue weighted by atomic mass is 9.84. The van der Waals surface area contributed by atoms with E-state index < -0.39 is 22.3 Å². The zero-order valence-corrected chi connectivity index (χ0v) is 16.6. The SMILES string of the molecule is CCOC(=O)C1(Sc2cc(C(=O)Nc3ccc(F)c(Cl)c3)ccc2F)CCC1. The van der Waals surface area contributed by atoms with Crippen LogP contribution < -0.4 is 5.32 Å². The molecule has 1 aliphatic carbocycles. The van der Waals surface area contributed by atoms with E-state index in [2.05, 4.69) is 5.32 Å². The summed E-state index contributed by atoms with van der Waals surface area (Å²) in [6, 6.07) is 7.74. The molecule has 0 aliphatic heterocycles. The van der Waals surface area contributed by atoms with Crippen molar-refractivity contribution in [3.8, 4) is 0 Å². The predicted molar refractivity (Wildman–Crippen MR) is 105 cm³/mol. The van der Waals surface area contributed by atoms with E-state index in [4.69, 9.17) is 16.3 Å². The lowest BCUT2D eigenvalue weighted by Gasteiger charge is -2.38. The van der Waals surface area contributed by atoms with Gasteiger partial charge >= 0.3 is 5.97 Å². The molecule has 0 radical (unpaired) electrons. The van der Waals surface area contributed by atoms with E-state index >= 15 is 0 Å². The van der Waals surface area contributed by atoms with E-state index in [0.717, 1.165) is 24.2 Å². The molecule has 2 aromatic carbocycles. The van der Waals surface area contributed by atoms with Crippen LogP contribution in [0.25, 0.3) is 0 Å². The van der Waals surface area contributed by atoms with Crippen molar-refractivity contribution in [3.05, 3.63) is 58.6 Å². The van der Waals surface area contributed by atoms with Gasteiger partial charge in [-0.1, -0.05) is 11.6 Å². The third-order valence-electron chi connectivity index (χ3n) is 4.48. The maximum Gasteiger partial charge on any atom is 0.322 e. The molecule has 1 aliphatic rings. The molecule has 0 heterocycles. The lowest BCUT2D eigenvalue weighted by Crippen LogP contribution is -2.43. The van der Waals surface area contributed by atoms with Crippen molar-refractivity contribution < 1.29 is 23.1 Å². The molecule has 0 saturated heterocycles. The van der Waals surface area contributed by atoms with Crippen LogP contribution in [0, 0.1) is 11.6 Å². The van der Waals surface area contributed by atoms with Crippen molar-refractivity contribution in [1.29, 1.82) is 0 Å². The highest BCUT2D eigenvalue weighted by Crippen LogP contribution is 2.49. The minimum absolute atomic E-state index is 0.116. The molecule has 28 heavy (non-hydrogen) atoms. The average Bonchev–Trinajstić information content (AvgIpc) is 2.62. The number of halogens is 3. The Morgan fingerprint density at radius 3 is 2.50 bits per heavy atom. The molecule has 3 rings (SSSR count). The quantitative estimate of drug-likeness (QED) is 0.625. The lowest BCUT2D eigenvalue weighted by molar-refractivity contribution is -0.148. The Labute approximate surface area is 170 Å². The minimum Gasteiger partial charge on any atom is -0.465 e. The second-order valence-corrected chi connectivity index (χ2v) is 8.23. The maximum absolute atomic E-state index is 14.3. The smallest absolute Gasteiger partial charge is 0.322 e. The summed E-state index contributed by atoms with van der Waals surface area (Å²) in [6.45, 7) is 1.98. The summed E-state index contributed by atoms with van der Waals surface area (Å²) in [6.07, 6.45) is 2.06. The fourth-order valence-electron chi connectivity index (χ4n) is 2.82. The first-order valence-corrected chi connectivity index (χ1v) is 9.96. The van der Waals surface area contributed by atoms with Gasteiger partial charge in [-0.25, -0.2) is 8.78 Å². The van der Waals surface area contributed by atoms with Gasteiger partial charge in [0.2, 0.25) is 0 Å². The summed E-state index contributed by atoms with van der Waals surface area (Å²) in [7, 11) is 0. The first-order chi connectivity index (χ1) is 13.3. The van der Waals surface area contributed by atoms with Gasteiger partial charge in [0.1, 0.15) is 16.4 Å². The highest BCUT2D eigenvalue weighted by atomic mass is 35.5. The number of carbonyl (C=O) groups excluding carboxylic acids is 2. The number of hydrogen-bond acceptors (Lipinski definition) is 4. The highest BCUT2D eigenvalue weighted by molar-refractivity contribution is 8.01. The number of anilines is 1. The summed E-state index contributed by atoms with van der Waals surface area (Å²) < 4.78 is 31.9. The molecule has 1 saturated carbocycles. The van der Waals surface area contributed by atoms with Crippen LogP contribution in [0.4, 0.5) is 14.5 Å². The second kappa shape index (κ2) is 8.49. The molecule has 4 nitrogen and oxygen atoms in total. The first kappa shape index (κ1) is 20.6. The van der Waals surface area contributed by atoms with Crippen molar-refractivity contribution in [2.45, 2.75) is 35.8 Å². The maximum atomic E-state index is 14.3. The second-order valence-electron chi connectivity index (χ2n) is 6.40. The van der Waals surface area contributed by atoms with Gasteiger partial charge < -0.3 is 10.1 Å². The van der Waals surface area contributed by atoms with Gasteiger partial charge in [0.15, 0.2) is 0 Å². The summed E-state index contributed by atoms with van der Waals surface area (Å²) in [5.74, 6) is -1.96. The third-order valence-corrected chi connectivity index (χ3v) is 6.27. The fourth-order valence-corrected chi connectivity index (χ4v) is 4.41. The van der Waals surface area contributed by atoms with Crippen LogP contribution >= 0.6 is 23.4 Å². The third kappa shape index (κ3) is 4.31. The standard InChI is InChI=1S/C20H18ClF2NO3S/c1-2-27-19(26)20(8-3-9-20)28-17-10-12(4-6-16(17)23)18(25)24-13-5-7-15(22)14(21)11-13/h4-7,10-11H,2-3,8-9H2,1H3,(H,24,25). The molecule has 1 fully saturated rings. The largest absolute Gasteiger partial charge is 0.465 e. The first-order valence-electron chi connectivity index (χ1n) is 8.77. The number of rotatable bonds is 6. The van der Waals surface area contributed by atoms with Crippen LogP contribution in [-0.2, 0) is 9.53 Å². The van der Waals surface area contributed by atoms with Gasteiger partial charge in [0.05, 0.1) is 11.6 Å². The molecule has 1 amide bonds. The summed E-state index contributed by atoms with van der Waals surface area (Å²) >= 11 is 6.81. The van der Waals surface area contributed by atoms with E-state index in [9.17, 15) is 18.4 Å². The fraction of sp³-hybridized carbons (Fsp3) is 0.300. The number of ether oxygens (including phenoxy) is 1. The Bertz CT molecular complexity index is 918. The molecule has 0 aromatic heterocycles.